The van der Waals surface area contributed by atoms with Crippen LogP contribution in [0.3, 0.4) is 0 Å². The highest BCUT2D eigenvalue weighted by Crippen LogP contribution is 2.11. The molecule has 80 valence electrons. The molecule has 0 aliphatic heterocycles. The molecule has 0 fully saturated rings. The van der Waals surface area contributed by atoms with Crippen LogP contribution in [0.5, 0.6) is 0 Å². The van der Waals surface area contributed by atoms with Gasteiger partial charge >= 0.3 is 0 Å². The zero-order chi connectivity index (χ0) is 10.4. The minimum atomic E-state index is -0.0407. The van der Waals surface area contributed by atoms with Crippen molar-refractivity contribution in [3.05, 3.63) is 18.0 Å². The van der Waals surface area contributed by atoms with Crippen LogP contribution in [-0.4, -0.2) is 29.5 Å². The predicted molar refractivity (Wildman–Crippen MR) is 56.0 cm³/mol. The van der Waals surface area contributed by atoms with Crippen molar-refractivity contribution in [3.8, 4) is 0 Å². The number of aromatic amines is 1. The second-order valence-corrected chi connectivity index (χ2v) is 3.97. The number of nitrogens with zero attached hydrogens (tertiary/aromatic N) is 1. The van der Waals surface area contributed by atoms with Crippen LogP contribution in [0.25, 0.3) is 0 Å². The number of nitrogens with one attached hydrogen (secondary N) is 2. The molecule has 1 rings (SSSR count). The molecule has 0 aliphatic rings. The fourth-order valence-electron chi connectivity index (χ4n) is 1.10. The molecule has 0 bridgehead atoms. The normalized spacial score (nSPS) is 11.9. The summed E-state index contributed by atoms with van der Waals surface area (Å²) >= 11 is 0. The second-order valence-electron chi connectivity index (χ2n) is 3.97. The van der Waals surface area contributed by atoms with Gasteiger partial charge in [0, 0.05) is 25.5 Å². The second kappa shape index (κ2) is 5.12. The maximum absolute atomic E-state index is 5.31. The van der Waals surface area contributed by atoms with Gasteiger partial charge in [-0.2, -0.15) is 5.10 Å². The molecule has 1 aromatic heterocycles. The van der Waals surface area contributed by atoms with Crippen LogP contribution < -0.4 is 5.32 Å². The Balaban J connectivity index is 2.11. The van der Waals surface area contributed by atoms with Gasteiger partial charge in [0.25, 0.3) is 0 Å². The highest BCUT2D eigenvalue weighted by atomic mass is 16.5. The van der Waals surface area contributed by atoms with Crippen molar-refractivity contribution in [1.82, 2.24) is 15.5 Å². The lowest BCUT2D eigenvalue weighted by atomic mass is 10.1. The summed E-state index contributed by atoms with van der Waals surface area (Å²) < 4.78 is 5.31. The Hall–Kier alpha value is -0.870. The Morgan fingerprint density at radius 2 is 2.36 bits per heavy atom. The third kappa shape index (κ3) is 3.89. The van der Waals surface area contributed by atoms with E-state index < -0.39 is 0 Å². The van der Waals surface area contributed by atoms with E-state index in [0.717, 1.165) is 25.2 Å². The van der Waals surface area contributed by atoms with Crippen LogP contribution in [0.4, 0.5) is 0 Å². The van der Waals surface area contributed by atoms with Crippen LogP contribution in [0.1, 0.15) is 26.0 Å². The number of ether oxygens (including phenoxy) is 1. The Morgan fingerprint density at radius 3 is 2.93 bits per heavy atom. The molecule has 0 aromatic carbocycles. The van der Waals surface area contributed by atoms with Gasteiger partial charge in [-0.15, -0.1) is 0 Å². The van der Waals surface area contributed by atoms with E-state index in [2.05, 4.69) is 29.4 Å². The summed E-state index contributed by atoms with van der Waals surface area (Å²) in [6.45, 7) is 5.95. The van der Waals surface area contributed by atoms with E-state index in [1.54, 1.807) is 13.3 Å². The van der Waals surface area contributed by atoms with E-state index in [-0.39, 0.29) is 5.60 Å². The number of hydrogen-bond donors (Lipinski definition) is 2. The topological polar surface area (TPSA) is 49.9 Å². The van der Waals surface area contributed by atoms with Crippen molar-refractivity contribution in [1.29, 1.82) is 0 Å². The summed E-state index contributed by atoms with van der Waals surface area (Å²) in [4.78, 5) is 0. The SMILES string of the molecule is COC(C)(C)CCNCc1ccn[nH]1. The van der Waals surface area contributed by atoms with E-state index in [1.165, 1.54) is 0 Å². The number of methoxy groups -OCH3 is 1. The number of rotatable bonds is 6. The third-order valence-corrected chi connectivity index (χ3v) is 2.33. The van der Waals surface area contributed by atoms with Gasteiger partial charge < -0.3 is 10.1 Å². The Labute approximate surface area is 85.0 Å². The monoisotopic (exact) mass is 197 g/mol. The first-order valence-corrected chi connectivity index (χ1v) is 4.88. The van der Waals surface area contributed by atoms with Gasteiger partial charge in [0.05, 0.1) is 5.60 Å². The van der Waals surface area contributed by atoms with Gasteiger partial charge in [0.1, 0.15) is 0 Å². The van der Waals surface area contributed by atoms with Crippen molar-refractivity contribution in [2.24, 2.45) is 0 Å². The summed E-state index contributed by atoms with van der Waals surface area (Å²) in [5.41, 5.74) is 1.07. The minimum Gasteiger partial charge on any atom is -0.379 e. The van der Waals surface area contributed by atoms with Gasteiger partial charge in [-0.1, -0.05) is 0 Å². The maximum atomic E-state index is 5.31. The highest BCUT2D eigenvalue weighted by molar-refractivity contribution is 4.96. The first-order valence-electron chi connectivity index (χ1n) is 4.88. The molecule has 4 nitrogen and oxygen atoms in total. The zero-order valence-electron chi connectivity index (χ0n) is 9.13. The summed E-state index contributed by atoms with van der Waals surface area (Å²) in [6.07, 6.45) is 2.76. The molecule has 0 unspecified atom stereocenters. The largest absolute Gasteiger partial charge is 0.379 e. The molecule has 1 aromatic rings. The summed E-state index contributed by atoms with van der Waals surface area (Å²) in [5, 5.41) is 10.1. The molecule has 14 heavy (non-hydrogen) atoms. The summed E-state index contributed by atoms with van der Waals surface area (Å²) in [7, 11) is 1.74. The van der Waals surface area contributed by atoms with E-state index in [9.17, 15) is 0 Å². The van der Waals surface area contributed by atoms with Gasteiger partial charge in [0.15, 0.2) is 0 Å². The lowest BCUT2D eigenvalue weighted by Crippen LogP contribution is -2.28. The van der Waals surface area contributed by atoms with Gasteiger partial charge in [-0.05, 0) is 32.9 Å². The molecule has 0 aliphatic carbocycles. The van der Waals surface area contributed by atoms with Crippen molar-refractivity contribution in [2.45, 2.75) is 32.4 Å². The Bertz CT molecular complexity index is 244. The predicted octanol–water partition coefficient (Wildman–Crippen LogP) is 1.31. The zero-order valence-corrected chi connectivity index (χ0v) is 9.13. The van der Waals surface area contributed by atoms with E-state index in [1.807, 2.05) is 6.07 Å². The maximum Gasteiger partial charge on any atom is 0.0634 e. The van der Waals surface area contributed by atoms with E-state index in [0.29, 0.717) is 0 Å². The first-order chi connectivity index (χ1) is 6.64. The smallest absolute Gasteiger partial charge is 0.0634 e. The average Bonchev–Trinajstić information content (AvgIpc) is 2.65. The summed E-state index contributed by atoms with van der Waals surface area (Å²) in [5.74, 6) is 0. The molecule has 4 heteroatoms. The molecule has 0 amide bonds. The highest BCUT2D eigenvalue weighted by Gasteiger charge is 2.14. The Morgan fingerprint density at radius 1 is 1.57 bits per heavy atom. The molecule has 1 heterocycles. The lowest BCUT2D eigenvalue weighted by Gasteiger charge is -2.22. The standard InChI is InChI=1S/C10H19N3O/c1-10(2,14-3)5-7-11-8-9-4-6-12-13-9/h4,6,11H,5,7-8H2,1-3H3,(H,12,13). The number of hydrogen-bond acceptors (Lipinski definition) is 3. The van der Waals surface area contributed by atoms with Gasteiger partial charge in [-0.3, -0.25) is 5.10 Å². The summed E-state index contributed by atoms with van der Waals surface area (Å²) in [6, 6.07) is 1.97. The molecule has 0 saturated heterocycles. The van der Waals surface area contributed by atoms with Gasteiger partial charge in [-0.25, -0.2) is 0 Å². The van der Waals surface area contributed by atoms with E-state index >= 15 is 0 Å². The molecule has 0 radical (unpaired) electrons. The van der Waals surface area contributed by atoms with Crippen LogP contribution in [-0.2, 0) is 11.3 Å². The molecule has 2 N–H and O–H groups in total. The molecule has 0 atom stereocenters. The lowest BCUT2D eigenvalue weighted by molar-refractivity contribution is 0.0158. The fraction of sp³-hybridized carbons (Fsp3) is 0.700. The van der Waals surface area contributed by atoms with Gasteiger partial charge in [0.2, 0.25) is 0 Å². The minimum absolute atomic E-state index is 0.0407. The molecular weight excluding hydrogens is 178 g/mol. The quantitative estimate of drug-likeness (QED) is 0.676. The van der Waals surface area contributed by atoms with Crippen LogP contribution >= 0.6 is 0 Å². The van der Waals surface area contributed by atoms with Crippen molar-refractivity contribution in [2.75, 3.05) is 13.7 Å². The third-order valence-electron chi connectivity index (χ3n) is 2.33. The average molecular weight is 197 g/mol. The molecule has 0 spiro atoms. The van der Waals surface area contributed by atoms with Crippen molar-refractivity contribution in [3.63, 3.8) is 0 Å². The molecule has 0 saturated carbocycles. The van der Waals surface area contributed by atoms with Crippen molar-refractivity contribution >= 4 is 0 Å². The Kier molecular flexibility index (Phi) is 4.10. The van der Waals surface area contributed by atoms with E-state index in [4.69, 9.17) is 4.74 Å². The van der Waals surface area contributed by atoms with Crippen LogP contribution in [0, 0.1) is 0 Å². The molecular formula is C10H19N3O. The van der Waals surface area contributed by atoms with Crippen LogP contribution in [0.2, 0.25) is 0 Å². The fourth-order valence-corrected chi connectivity index (χ4v) is 1.10. The number of H-pyrrole nitrogens is 1. The van der Waals surface area contributed by atoms with Crippen molar-refractivity contribution < 1.29 is 4.74 Å². The van der Waals surface area contributed by atoms with Crippen LogP contribution in [0.15, 0.2) is 12.3 Å². The number of aromatic nitrogens is 2. The first kappa shape index (κ1) is 11.2.